The molecule has 2 N–H and O–H groups in total. The van der Waals surface area contributed by atoms with Crippen LogP contribution in [0.1, 0.15) is 15.9 Å². The molecule has 1 amide bonds. The van der Waals surface area contributed by atoms with E-state index in [9.17, 15) is 4.79 Å². The maximum Gasteiger partial charge on any atom is 0.258 e. The maximum absolute atomic E-state index is 12.0. The number of hydrogen-bond donors (Lipinski definition) is 2. The molecule has 0 aromatic carbocycles. The quantitative estimate of drug-likeness (QED) is 0.776. The van der Waals surface area contributed by atoms with E-state index in [1.807, 2.05) is 18.4 Å². The molecule has 0 aliphatic carbocycles. The van der Waals surface area contributed by atoms with Crippen LogP contribution in [-0.4, -0.2) is 21.1 Å². The second-order valence-corrected chi connectivity index (χ2v) is 5.21. The third kappa shape index (κ3) is 2.46. The van der Waals surface area contributed by atoms with Crippen LogP contribution in [0.15, 0.2) is 42.0 Å². The highest BCUT2D eigenvalue weighted by Gasteiger charge is 2.11. The van der Waals surface area contributed by atoms with Gasteiger partial charge in [-0.2, -0.15) is 5.10 Å². The van der Waals surface area contributed by atoms with Gasteiger partial charge in [0.25, 0.3) is 5.91 Å². The Morgan fingerprint density at radius 1 is 1.40 bits per heavy atom. The van der Waals surface area contributed by atoms with E-state index in [1.54, 1.807) is 29.7 Å². The fraction of sp³-hybridized carbons (Fsp3) is 0.0714. The van der Waals surface area contributed by atoms with Crippen molar-refractivity contribution in [3.63, 3.8) is 0 Å². The molecular weight excluding hydrogens is 272 g/mol. The Labute approximate surface area is 119 Å². The van der Waals surface area contributed by atoms with Crippen molar-refractivity contribution >= 4 is 23.1 Å². The normalized spacial score (nSPS) is 10.4. The van der Waals surface area contributed by atoms with Crippen molar-refractivity contribution < 1.29 is 4.79 Å². The van der Waals surface area contributed by atoms with E-state index in [1.165, 1.54) is 11.8 Å². The number of pyridine rings is 1. The highest BCUT2D eigenvalue weighted by Crippen LogP contribution is 2.28. The van der Waals surface area contributed by atoms with E-state index in [0.29, 0.717) is 11.4 Å². The number of H-pyrrole nitrogens is 1. The van der Waals surface area contributed by atoms with E-state index in [2.05, 4.69) is 26.6 Å². The molecule has 5 nitrogen and oxygen atoms in total. The fourth-order valence-corrected chi connectivity index (χ4v) is 2.73. The third-order valence-electron chi connectivity index (χ3n) is 2.85. The zero-order valence-electron chi connectivity index (χ0n) is 10.8. The number of carbonyl (C=O) groups is 1. The molecule has 0 aliphatic rings. The SMILES string of the molecule is Cc1ccsc1-c1cc(NC(=O)c2cccnc2)n[nH]1. The minimum absolute atomic E-state index is 0.223. The van der Waals surface area contributed by atoms with Crippen molar-refractivity contribution in [2.24, 2.45) is 0 Å². The molecular formula is C14H12N4OS. The van der Waals surface area contributed by atoms with Gasteiger partial charge in [-0.05, 0) is 36.1 Å². The predicted molar refractivity (Wildman–Crippen MR) is 78.8 cm³/mol. The highest BCUT2D eigenvalue weighted by molar-refractivity contribution is 7.13. The summed E-state index contributed by atoms with van der Waals surface area (Å²) in [7, 11) is 0. The first kappa shape index (κ1) is 12.6. The molecule has 100 valence electrons. The van der Waals surface area contributed by atoms with E-state index < -0.39 is 0 Å². The predicted octanol–water partition coefficient (Wildman–Crippen LogP) is 3.09. The number of thiophene rings is 1. The average molecular weight is 284 g/mol. The van der Waals surface area contributed by atoms with Crippen LogP contribution in [0, 0.1) is 6.92 Å². The first-order chi connectivity index (χ1) is 9.74. The van der Waals surface area contributed by atoms with Crippen molar-refractivity contribution in [1.29, 1.82) is 0 Å². The summed E-state index contributed by atoms with van der Waals surface area (Å²) in [6.07, 6.45) is 3.15. The van der Waals surface area contributed by atoms with E-state index in [0.717, 1.165) is 10.6 Å². The summed E-state index contributed by atoms with van der Waals surface area (Å²) in [5.41, 5.74) is 2.59. The van der Waals surface area contributed by atoms with Crippen LogP contribution in [0.4, 0.5) is 5.82 Å². The molecule has 3 aromatic heterocycles. The number of aromatic amines is 1. The Morgan fingerprint density at radius 3 is 3.00 bits per heavy atom. The number of aromatic nitrogens is 3. The first-order valence-electron chi connectivity index (χ1n) is 6.05. The second-order valence-electron chi connectivity index (χ2n) is 4.30. The summed E-state index contributed by atoms with van der Waals surface area (Å²) in [6.45, 7) is 2.04. The molecule has 0 unspecified atom stereocenters. The molecule has 3 aromatic rings. The smallest absolute Gasteiger partial charge is 0.258 e. The molecule has 0 atom stereocenters. The van der Waals surface area contributed by atoms with Crippen LogP contribution in [-0.2, 0) is 0 Å². The summed E-state index contributed by atoms with van der Waals surface area (Å²) in [6, 6.07) is 7.31. The van der Waals surface area contributed by atoms with E-state index >= 15 is 0 Å². The summed E-state index contributed by atoms with van der Waals surface area (Å²) >= 11 is 1.64. The van der Waals surface area contributed by atoms with Crippen molar-refractivity contribution in [2.75, 3.05) is 5.32 Å². The lowest BCUT2D eigenvalue weighted by Gasteiger charge is -1.99. The van der Waals surface area contributed by atoms with Gasteiger partial charge in [-0.15, -0.1) is 11.3 Å². The minimum atomic E-state index is -0.223. The zero-order valence-corrected chi connectivity index (χ0v) is 11.6. The number of aryl methyl sites for hydroxylation is 1. The number of nitrogens with one attached hydrogen (secondary N) is 2. The monoisotopic (exact) mass is 284 g/mol. The Hall–Kier alpha value is -2.47. The Bertz CT molecular complexity index is 732. The van der Waals surface area contributed by atoms with Crippen LogP contribution in [0.3, 0.4) is 0 Å². The van der Waals surface area contributed by atoms with Crippen molar-refractivity contribution in [3.05, 3.63) is 53.2 Å². The second kappa shape index (κ2) is 5.26. The van der Waals surface area contributed by atoms with Crippen LogP contribution in [0.25, 0.3) is 10.6 Å². The summed E-state index contributed by atoms with van der Waals surface area (Å²) < 4.78 is 0. The molecule has 20 heavy (non-hydrogen) atoms. The van der Waals surface area contributed by atoms with Gasteiger partial charge in [-0.1, -0.05) is 0 Å². The Kier molecular flexibility index (Phi) is 3.30. The van der Waals surface area contributed by atoms with Gasteiger partial charge in [-0.25, -0.2) is 0 Å². The maximum atomic E-state index is 12.0. The number of rotatable bonds is 3. The molecule has 3 heterocycles. The molecule has 0 saturated carbocycles. The lowest BCUT2D eigenvalue weighted by Crippen LogP contribution is -2.12. The molecule has 0 saturated heterocycles. The average Bonchev–Trinajstić information content (AvgIpc) is 3.08. The van der Waals surface area contributed by atoms with Crippen LogP contribution < -0.4 is 5.32 Å². The summed E-state index contributed by atoms with van der Waals surface area (Å²) in [5.74, 6) is 0.278. The zero-order chi connectivity index (χ0) is 13.9. The van der Waals surface area contributed by atoms with Gasteiger partial charge in [-0.3, -0.25) is 14.9 Å². The largest absolute Gasteiger partial charge is 0.305 e. The van der Waals surface area contributed by atoms with Crippen LogP contribution in [0.5, 0.6) is 0 Å². The van der Waals surface area contributed by atoms with Gasteiger partial charge in [0.1, 0.15) is 0 Å². The van der Waals surface area contributed by atoms with E-state index in [-0.39, 0.29) is 5.91 Å². The number of carbonyl (C=O) groups excluding carboxylic acids is 1. The van der Waals surface area contributed by atoms with E-state index in [4.69, 9.17) is 0 Å². The van der Waals surface area contributed by atoms with Gasteiger partial charge < -0.3 is 5.32 Å². The van der Waals surface area contributed by atoms with Gasteiger partial charge in [0.15, 0.2) is 5.82 Å². The standard InChI is InChI=1S/C14H12N4OS/c1-9-4-6-20-13(9)11-7-12(18-17-11)16-14(19)10-3-2-5-15-8-10/h2-8H,1H3,(H2,16,17,18,19). The van der Waals surface area contributed by atoms with Gasteiger partial charge in [0.2, 0.25) is 0 Å². The van der Waals surface area contributed by atoms with Crippen LogP contribution >= 0.6 is 11.3 Å². The molecule has 0 radical (unpaired) electrons. The number of amides is 1. The molecule has 6 heteroatoms. The van der Waals surface area contributed by atoms with Gasteiger partial charge in [0, 0.05) is 18.5 Å². The molecule has 0 bridgehead atoms. The molecule has 0 fully saturated rings. The molecule has 0 spiro atoms. The Morgan fingerprint density at radius 2 is 2.30 bits per heavy atom. The van der Waals surface area contributed by atoms with Crippen LogP contribution in [0.2, 0.25) is 0 Å². The molecule has 0 aliphatic heterocycles. The fourth-order valence-electron chi connectivity index (χ4n) is 1.84. The molecule has 3 rings (SSSR count). The summed E-state index contributed by atoms with van der Waals surface area (Å²) in [4.78, 5) is 17.0. The Balaban J connectivity index is 1.78. The topological polar surface area (TPSA) is 70.7 Å². The number of hydrogen-bond acceptors (Lipinski definition) is 4. The van der Waals surface area contributed by atoms with Gasteiger partial charge in [0.05, 0.1) is 16.1 Å². The van der Waals surface area contributed by atoms with Crippen molar-refractivity contribution in [1.82, 2.24) is 15.2 Å². The lowest BCUT2D eigenvalue weighted by atomic mass is 10.2. The number of nitrogens with zero attached hydrogens (tertiary/aromatic N) is 2. The number of anilines is 1. The summed E-state index contributed by atoms with van der Waals surface area (Å²) in [5, 5.41) is 11.8. The minimum Gasteiger partial charge on any atom is -0.305 e. The first-order valence-corrected chi connectivity index (χ1v) is 6.93. The van der Waals surface area contributed by atoms with Crippen molar-refractivity contribution in [2.45, 2.75) is 6.92 Å². The van der Waals surface area contributed by atoms with Gasteiger partial charge >= 0.3 is 0 Å². The lowest BCUT2D eigenvalue weighted by molar-refractivity contribution is 0.102. The van der Waals surface area contributed by atoms with Crippen molar-refractivity contribution in [3.8, 4) is 10.6 Å². The highest BCUT2D eigenvalue weighted by atomic mass is 32.1. The third-order valence-corrected chi connectivity index (χ3v) is 3.90.